The largest absolute Gasteiger partial charge is 0.352 e. The Kier molecular flexibility index (Phi) is 4.85. The summed E-state index contributed by atoms with van der Waals surface area (Å²) in [5.41, 5.74) is 2.69. The van der Waals surface area contributed by atoms with Gasteiger partial charge in [-0.05, 0) is 37.5 Å². The summed E-state index contributed by atoms with van der Waals surface area (Å²) in [6, 6.07) is 5.17. The number of anilines is 1. The molecule has 0 spiro atoms. The normalized spacial score (nSPS) is 19.6. The molecule has 1 saturated heterocycles. The molecule has 1 aliphatic rings. The van der Waals surface area contributed by atoms with Crippen LogP contribution < -0.4 is 10.6 Å². The molecule has 2 N–H and O–H groups in total. The average Bonchev–Trinajstić information content (AvgIpc) is 2.74. The standard InChI is InChI=1S/C15H20N2O4S/c1-10-4-3-5-13(11(10)2)17-15(19)8-14(18)16-12-6-7-22(20,21)9-12/h3-5,12H,6-9H2,1-2H3,(H,16,18)(H,17,19). The molecule has 7 heteroatoms. The highest BCUT2D eigenvalue weighted by atomic mass is 32.2. The smallest absolute Gasteiger partial charge is 0.233 e. The number of carbonyl (C=O) groups excluding carboxylic acids is 2. The van der Waals surface area contributed by atoms with E-state index < -0.39 is 21.7 Å². The lowest BCUT2D eigenvalue weighted by Gasteiger charge is -2.12. The van der Waals surface area contributed by atoms with Crippen LogP contribution >= 0.6 is 0 Å². The molecule has 1 aromatic carbocycles. The van der Waals surface area contributed by atoms with E-state index in [-0.39, 0.29) is 24.0 Å². The predicted molar refractivity (Wildman–Crippen MR) is 84.4 cm³/mol. The van der Waals surface area contributed by atoms with Gasteiger partial charge in [0.1, 0.15) is 6.42 Å². The molecule has 0 bridgehead atoms. The first-order chi connectivity index (χ1) is 10.3. The third-order valence-electron chi connectivity index (χ3n) is 3.80. The molecule has 120 valence electrons. The Morgan fingerprint density at radius 2 is 1.95 bits per heavy atom. The second-order valence-electron chi connectivity index (χ2n) is 5.64. The zero-order valence-electron chi connectivity index (χ0n) is 12.7. The molecular formula is C15H20N2O4S. The Morgan fingerprint density at radius 1 is 1.23 bits per heavy atom. The third-order valence-corrected chi connectivity index (χ3v) is 5.57. The van der Waals surface area contributed by atoms with Gasteiger partial charge < -0.3 is 10.6 Å². The molecule has 0 saturated carbocycles. The van der Waals surface area contributed by atoms with E-state index in [1.54, 1.807) is 6.07 Å². The first-order valence-corrected chi connectivity index (χ1v) is 8.95. The van der Waals surface area contributed by atoms with Gasteiger partial charge in [0.05, 0.1) is 11.5 Å². The maximum absolute atomic E-state index is 11.9. The second kappa shape index (κ2) is 6.48. The SMILES string of the molecule is Cc1cccc(NC(=O)CC(=O)NC2CCS(=O)(=O)C2)c1C. The summed E-state index contributed by atoms with van der Waals surface area (Å²) in [5, 5.41) is 5.30. The minimum Gasteiger partial charge on any atom is -0.352 e. The van der Waals surface area contributed by atoms with Crippen molar-refractivity contribution in [2.45, 2.75) is 32.7 Å². The summed E-state index contributed by atoms with van der Waals surface area (Å²) < 4.78 is 22.6. The van der Waals surface area contributed by atoms with Gasteiger partial charge in [-0.3, -0.25) is 9.59 Å². The molecule has 1 heterocycles. The quantitative estimate of drug-likeness (QED) is 0.806. The zero-order valence-corrected chi connectivity index (χ0v) is 13.5. The number of carbonyl (C=O) groups is 2. The van der Waals surface area contributed by atoms with Crippen LogP contribution in [0.3, 0.4) is 0 Å². The van der Waals surface area contributed by atoms with Crippen molar-refractivity contribution in [1.82, 2.24) is 5.32 Å². The van der Waals surface area contributed by atoms with Crippen LogP contribution in [0.25, 0.3) is 0 Å². The van der Waals surface area contributed by atoms with Crippen LogP contribution in [-0.2, 0) is 19.4 Å². The number of hydrogen-bond acceptors (Lipinski definition) is 4. The molecule has 1 fully saturated rings. The van der Waals surface area contributed by atoms with E-state index in [0.717, 1.165) is 11.1 Å². The Balaban J connectivity index is 1.87. The van der Waals surface area contributed by atoms with Crippen LogP contribution in [-0.4, -0.2) is 37.8 Å². The first kappa shape index (κ1) is 16.5. The van der Waals surface area contributed by atoms with E-state index in [1.807, 2.05) is 26.0 Å². The van der Waals surface area contributed by atoms with Crippen LogP contribution in [0.4, 0.5) is 5.69 Å². The Labute approximate surface area is 130 Å². The maximum Gasteiger partial charge on any atom is 0.233 e. The van der Waals surface area contributed by atoms with Crippen LogP contribution in [0.5, 0.6) is 0 Å². The van der Waals surface area contributed by atoms with Gasteiger partial charge in [0, 0.05) is 11.7 Å². The number of aryl methyl sites for hydroxylation is 1. The van der Waals surface area contributed by atoms with Crippen molar-refractivity contribution in [2.24, 2.45) is 0 Å². The monoisotopic (exact) mass is 324 g/mol. The molecule has 2 amide bonds. The fourth-order valence-corrected chi connectivity index (χ4v) is 4.09. The lowest BCUT2D eigenvalue weighted by atomic mass is 10.1. The van der Waals surface area contributed by atoms with E-state index in [1.165, 1.54) is 0 Å². The summed E-state index contributed by atoms with van der Waals surface area (Å²) in [4.78, 5) is 23.7. The second-order valence-corrected chi connectivity index (χ2v) is 7.87. The highest BCUT2D eigenvalue weighted by molar-refractivity contribution is 7.91. The number of sulfone groups is 1. The summed E-state index contributed by atoms with van der Waals surface area (Å²) in [6.07, 6.45) is 0.0939. The molecule has 6 nitrogen and oxygen atoms in total. The van der Waals surface area contributed by atoms with Crippen molar-refractivity contribution in [3.05, 3.63) is 29.3 Å². The number of amides is 2. The lowest BCUT2D eigenvalue weighted by Crippen LogP contribution is -2.37. The van der Waals surface area contributed by atoms with Gasteiger partial charge in [0.15, 0.2) is 9.84 Å². The number of benzene rings is 1. The molecule has 0 aromatic heterocycles. The van der Waals surface area contributed by atoms with Crippen molar-refractivity contribution in [3.63, 3.8) is 0 Å². The fourth-order valence-electron chi connectivity index (χ4n) is 2.41. The minimum atomic E-state index is -3.04. The summed E-state index contributed by atoms with van der Waals surface area (Å²) in [7, 11) is -3.04. The molecule has 1 atom stereocenters. The van der Waals surface area contributed by atoms with Crippen molar-refractivity contribution < 1.29 is 18.0 Å². The summed E-state index contributed by atoms with van der Waals surface area (Å²) in [6.45, 7) is 3.84. The summed E-state index contributed by atoms with van der Waals surface area (Å²) in [5.74, 6) is -0.818. The summed E-state index contributed by atoms with van der Waals surface area (Å²) >= 11 is 0. The molecule has 2 rings (SSSR count). The lowest BCUT2D eigenvalue weighted by molar-refractivity contribution is -0.127. The van der Waals surface area contributed by atoms with Crippen molar-refractivity contribution >= 4 is 27.3 Å². The number of rotatable bonds is 4. The average molecular weight is 324 g/mol. The highest BCUT2D eigenvalue weighted by Gasteiger charge is 2.29. The Hall–Kier alpha value is -1.89. The van der Waals surface area contributed by atoms with Crippen LogP contribution in [0, 0.1) is 13.8 Å². The molecule has 22 heavy (non-hydrogen) atoms. The number of nitrogens with one attached hydrogen (secondary N) is 2. The van der Waals surface area contributed by atoms with Crippen LogP contribution in [0.1, 0.15) is 24.0 Å². The third kappa shape index (κ3) is 4.30. The Bertz CT molecular complexity index is 697. The van der Waals surface area contributed by atoms with E-state index in [4.69, 9.17) is 0 Å². The van der Waals surface area contributed by atoms with E-state index in [0.29, 0.717) is 12.1 Å². The maximum atomic E-state index is 11.9. The highest BCUT2D eigenvalue weighted by Crippen LogP contribution is 2.18. The van der Waals surface area contributed by atoms with Gasteiger partial charge in [0.25, 0.3) is 0 Å². The van der Waals surface area contributed by atoms with Gasteiger partial charge in [-0.2, -0.15) is 0 Å². The number of hydrogen-bond donors (Lipinski definition) is 2. The molecule has 0 radical (unpaired) electrons. The van der Waals surface area contributed by atoms with Gasteiger partial charge in [0.2, 0.25) is 11.8 Å². The van der Waals surface area contributed by atoms with Gasteiger partial charge in [-0.1, -0.05) is 12.1 Å². The van der Waals surface area contributed by atoms with Gasteiger partial charge >= 0.3 is 0 Å². The molecule has 1 unspecified atom stereocenters. The topological polar surface area (TPSA) is 92.3 Å². The van der Waals surface area contributed by atoms with E-state index >= 15 is 0 Å². The van der Waals surface area contributed by atoms with Crippen molar-refractivity contribution in [1.29, 1.82) is 0 Å². The molecular weight excluding hydrogens is 304 g/mol. The zero-order chi connectivity index (χ0) is 16.3. The predicted octanol–water partition coefficient (Wildman–Crippen LogP) is 0.935. The van der Waals surface area contributed by atoms with Crippen molar-refractivity contribution in [2.75, 3.05) is 16.8 Å². The molecule has 0 aliphatic carbocycles. The first-order valence-electron chi connectivity index (χ1n) is 7.13. The van der Waals surface area contributed by atoms with E-state index in [9.17, 15) is 18.0 Å². The van der Waals surface area contributed by atoms with Gasteiger partial charge in [-0.15, -0.1) is 0 Å². The fraction of sp³-hybridized carbons (Fsp3) is 0.467. The van der Waals surface area contributed by atoms with Crippen LogP contribution in [0.15, 0.2) is 18.2 Å². The van der Waals surface area contributed by atoms with Crippen molar-refractivity contribution in [3.8, 4) is 0 Å². The van der Waals surface area contributed by atoms with Gasteiger partial charge in [-0.25, -0.2) is 8.42 Å². The van der Waals surface area contributed by atoms with E-state index in [2.05, 4.69) is 10.6 Å². The Morgan fingerprint density at radius 3 is 2.59 bits per heavy atom. The minimum absolute atomic E-state index is 0.0443. The molecule has 1 aliphatic heterocycles. The van der Waals surface area contributed by atoms with Crippen LogP contribution in [0.2, 0.25) is 0 Å². The molecule has 1 aromatic rings.